The highest BCUT2D eigenvalue weighted by atomic mass is 16.4. The van der Waals surface area contributed by atoms with Gasteiger partial charge in [0.15, 0.2) is 0 Å². The Morgan fingerprint density at radius 3 is 2.70 bits per heavy atom. The van der Waals surface area contributed by atoms with Crippen molar-refractivity contribution in [3.8, 4) is 0 Å². The maximum Gasteiger partial charge on any atom is 0.317 e. The average molecular weight is 274 g/mol. The zero-order valence-electron chi connectivity index (χ0n) is 12.3. The van der Waals surface area contributed by atoms with E-state index < -0.39 is 5.97 Å². The molecule has 0 spiro atoms. The summed E-state index contributed by atoms with van der Waals surface area (Å²) in [5.41, 5.74) is 3.62. The number of benzene rings is 1. The fraction of sp³-hybridized carbons (Fsp3) is 0.438. The molecule has 0 aliphatic rings. The van der Waals surface area contributed by atoms with Crippen LogP contribution in [0.4, 0.5) is 0 Å². The van der Waals surface area contributed by atoms with E-state index in [0.717, 1.165) is 12.0 Å². The third-order valence-electron chi connectivity index (χ3n) is 3.71. The lowest BCUT2D eigenvalue weighted by molar-refractivity contribution is -0.138. The number of hydrogen-bond acceptors (Lipinski definition) is 2. The number of aromatic nitrogens is 1. The van der Waals surface area contributed by atoms with Crippen LogP contribution in [0.2, 0.25) is 0 Å². The van der Waals surface area contributed by atoms with E-state index in [4.69, 9.17) is 5.11 Å². The van der Waals surface area contributed by atoms with Crippen LogP contribution in [0.1, 0.15) is 31.9 Å². The van der Waals surface area contributed by atoms with Gasteiger partial charge in [-0.05, 0) is 31.4 Å². The lowest BCUT2D eigenvalue weighted by Gasteiger charge is -2.24. The predicted octanol–water partition coefficient (Wildman–Crippen LogP) is 3.03. The van der Waals surface area contributed by atoms with Gasteiger partial charge >= 0.3 is 5.97 Å². The monoisotopic (exact) mass is 274 g/mol. The number of hydrogen-bond donors (Lipinski definition) is 2. The normalized spacial score (nSPS) is 11.7. The molecule has 0 unspecified atom stereocenters. The van der Waals surface area contributed by atoms with Crippen molar-refractivity contribution >= 4 is 16.9 Å². The van der Waals surface area contributed by atoms with Gasteiger partial charge in [0.2, 0.25) is 0 Å². The molecule has 1 heterocycles. The first-order chi connectivity index (χ1) is 9.52. The van der Waals surface area contributed by atoms with E-state index in [1.165, 1.54) is 16.5 Å². The zero-order chi connectivity index (χ0) is 14.7. The molecule has 0 radical (unpaired) electrons. The standard InChI is InChI=1S/C16H22N2O2/c1-4-12-6-5-7-14-13(8-17-16(12)14)9-18(11(2)3)10-15(19)20/h5-8,11,17H,4,9-10H2,1-3H3,(H,19,20). The minimum atomic E-state index is -0.784. The van der Waals surface area contributed by atoms with Crippen LogP contribution in [0.5, 0.6) is 0 Å². The molecule has 1 aromatic carbocycles. The summed E-state index contributed by atoms with van der Waals surface area (Å²) in [7, 11) is 0. The lowest BCUT2D eigenvalue weighted by atomic mass is 10.1. The number of fused-ring (bicyclic) bond motifs is 1. The summed E-state index contributed by atoms with van der Waals surface area (Å²) in [4.78, 5) is 16.3. The number of carbonyl (C=O) groups is 1. The highest BCUT2D eigenvalue weighted by Crippen LogP contribution is 2.23. The van der Waals surface area contributed by atoms with Crippen LogP contribution < -0.4 is 0 Å². The first kappa shape index (κ1) is 14.6. The molecule has 2 rings (SSSR count). The van der Waals surface area contributed by atoms with E-state index >= 15 is 0 Å². The largest absolute Gasteiger partial charge is 0.480 e. The van der Waals surface area contributed by atoms with E-state index in [-0.39, 0.29) is 12.6 Å². The van der Waals surface area contributed by atoms with Gasteiger partial charge in [-0.2, -0.15) is 0 Å². The van der Waals surface area contributed by atoms with Crippen LogP contribution in [-0.2, 0) is 17.8 Å². The predicted molar refractivity (Wildman–Crippen MR) is 80.9 cm³/mol. The van der Waals surface area contributed by atoms with Crippen molar-refractivity contribution in [3.63, 3.8) is 0 Å². The van der Waals surface area contributed by atoms with Crippen LogP contribution in [-0.4, -0.2) is 33.5 Å². The molecule has 2 N–H and O–H groups in total. The number of aromatic amines is 1. The van der Waals surface area contributed by atoms with Crippen LogP contribution >= 0.6 is 0 Å². The van der Waals surface area contributed by atoms with Crippen molar-refractivity contribution in [2.24, 2.45) is 0 Å². The highest BCUT2D eigenvalue weighted by molar-refractivity contribution is 5.86. The minimum Gasteiger partial charge on any atom is -0.480 e. The van der Waals surface area contributed by atoms with Gasteiger partial charge in [0, 0.05) is 29.7 Å². The summed E-state index contributed by atoms with van der Waals surface area (Å²) in [6.07, 6.45) is 2.99. The average Bonchev–Trinajstić information content (AvgIpc) is 2.80. The number of aliphatic carboxylic acids is 1. The Hall–Kier alpha value is -1.81. The molecule has 0 aliphatic heterocycles. The summed E-state index contributed by atoms with van der Waals surface area (Å²) in [6.45, 7) is 6.90. The summed E-state index contributed by atoms with van der Waals surface area (Å²) in [5.74, 6) is -0.784. The fourth-order valence-corrected chi connectivity index (χ4v) is 2.51. The second-order valence-corrected chi connectivity index (χ2v) is 5.40. The van der Waals surface area contributed by atoms with E-state index in [9.17, 15) is 4.79 Å². The van der Waals surface area contributed by atoms with Crippen LogP contribution in [0.15, 0.2) is 24.4 Å². The van der Waals surface area contributed by atoms with Crippen molar-refractivity contribution in [1.29, 1.82) is 0 Å². The number of para-hydroxylation sites is 1. The molecular weight excluding hydrogens is 252 g/mol. The third-order valence-corrected chi connectivity index (χ3v) is 3.71. The van der Waals surface area contributed by atoms with Crippen molar-refractivity contribution in [2.45, 2.75) is 39.8 Å². The molecule has 0 fully saturated rings. The maximum absolute atomic E-state index is 11.0. The zero-order valence-corrected chi connectivity index (χ0v) is 12.3. The van der Waals surface area contributed by atoms with Crippen molar-refractivity contribution in [2.75, 3.05) is 6.54 Å². The van der Waals surface area contributed by atoms with E-state index in [2.05, 4.69) is 30.1 Å². The topological polar surface area (TPSA) is 56.3 Å². The van der Waals surface area contributed by atoms with Gasteiger partial charge in [0.05, 0.1) is 6.54 Å². The van der Waals surface area contributed by atoms with Gasteiger partial charge in [-0.3, -0.25) is 9.69 Å². The van der Waals surface area contributed by atoms with Gasteiger partial charge in [-0.15, -0.1) is 0 Å². The number of rotatable bonds is 6. The first-order valence-electron chi connectivity index (χ1n) is 7.06. The van der Waals surface area contributed by atoms with E-state index in [0.29, 0.717) is 6.54 Å². The van der Waals surface area contributed by atoms with Gasteiger partial charge in [-0.25, -0.2) is 0 Å². The summed E-state index contributed by atoms with van der Waals surface area (Å²) in [6, 6.07) is 6.49. The quantitative estimate of drug-likeness (QED) is 0.851. The summed E-state index contributed by atoms with van der Waals surface area (Å²) >= 11 is 0. The number of carboxylic acids is 1. The molecule has 0 saturated carbocycles. The molecule has 1 aromatic heterocycles. The molecule has 0 atom stereocenters. The molecule has 0 amide bonds. The SMILES string of the molecule is CCc1cccc2c(CN(CC(=O)O)C(C)C)c[nH]c12. The van der Waals surface area contributed by atoms with Gasteiger partial charge < -0.3 is 10.1 Å². The van der Waals surface area contributed by atoms with Crippen molar-refractivity contribution in [1.82, 2.24) is 9.88 Å². The molecular formula is C16H22N2O2. The number of H-pyrrole nitrogens is 1. The third kappa shape index (κ3) is 3.02. The summed E-state index contributed by atoms with van der Waals surface area (Å²) < 4.78 is 0. The Morgan fingerprint density at radius 2 is 2.10 bits per heavy atom. The minimum absolute atomic E-state index is 0.0673. The molecule has 0 bridgehead atoms. The van der Waals surface area contributed by atoms with Crippen molar-refractivity contribution in [3.05, 3.63) is 35.5 Å². The molecule has 20 heavy (non-hydrogen) atoms. The van der Waals surface area contributed by atoms with E-state index in [1.54, 1.807) is 0 Å². The summed E-state index contributed by atoms with van der Waals surface area (Å²) in [5, 5.41) is 10.2. The molecule has 4 nitrogen and oxygen atoms in total. The lowest BCUT2D eigenvalue weighted by Crippen LogP contribution is -2.35. The van der Waals surface area contributed by atoms with E-state index in [1.807, 2.05) is 24.9 Å². The second kappa shape index (κ2) is 6.09. The van der Waals surface area contributed by atoms with Crippen LogP contribution in [0.3, 0.4) is 0 Å². The Morgan fingerprint density at radius 1 is 1.35 bits per heavy atom. The molecule has 4 heteroatoms. The number of nitrogens with one attached hydrogen (secondary N) is 1. The van der Waals surface area contributed by atoms with Crippen molar-refractivity contribution < 1.29 is 9.90 Å². The van der Waals surface area contributed by atoms with Crippen LogP contribution in [0, 0.1) is 0 Å². The van der Waals surface area contributed by atoms with Gasteiger partial charge in [-0.1, -0.05) is 25.1 Å². The molecule has 108 valence electrons. The molecule has 0 saturated heterocycles. The second-order valence-electron chi connectivity index (χ2n) is 5.40. The Labute approximate surface area is 119 Å². The van der Waals surface area contributed by atoms with Crippen LogP contribution in [0.25, 0.3) is 10.9 Å². The molecule has 2 aromatic rings. The number of carboxylic acid groups (broad SMARTS) is 1. The van der Waals surface area contributed by atoms with Gasteiger partial charge in [0.1, 0.15) is 0 Å². The fourth-order valence-electron chi connectivity index (χ4n) is 2.51. The Bertz CT molecular complexity index is 602. The smallest absolute Gasteiger partial charge is 0.317 e. The van der Waals surface area contributed by atoms with Gasteiger partial charge in [0.25, 0.3) is 0 Å². The number of aryl methyl sites for hydroxylation is 1. The number of nitrogens with zero attached hydrogens (tertiary/aromatic N) is 1. The highest BCUT2D eigenvalue weighted by Gasteiger charge is 2.16. The maximum atomic E-state index is 11.0. The first-order valence-corrected chi connectivity index (χ1v) is 7.06. The Balaban J connectivity index is 2.31. The Kier molecular flexibility index (Phi) is 4.45. The molecule has 0 aliphatic carbocycles.